The maximum absolute atomic E-state index is 12.3. The van der Waals surface area contributed by atoms with Crippen LogP contribution in [0.1, 0.15) is 21.6 Å². The normalized spacial score (nSPS) is 10.1. The summed E-state index contributed by atoms with van der Waals surface area (Å²) in [6.07, 6.45) is 1.31. The minimum Gasteiger partial charge on any atom is -0.497 e. The zero-order valence-corrected chi connectivity index (χ0v) is 11.0. The van der Waals surface area contributed by atoms with Crippen molar-refractivity contribution in [3.05, 3.63) is 47.4 Å². The third-order valence-electron chi connectivity index (χ3n) is 2.76. The van der Waals surface area contributed by atoms with Gasteiger partial charge in [0.25, 0.3) is 0 Å². The molecule has 0 N–H and O–H groups in total. The van der Waals surface area contributed by atoms with Crippen molar-refractivity contribution in [3.63, 3.8) is 0 Å². The van der Waals surface area contributed by atoms with Gasteiger partial charge in [-0.25, -0.2) is 9.97 Å². The molecule has 0 bridgehead atoms. The first-order valence-electron chi connectivity index (χ1n) is 5.71. The maximum Gasteiger partial charge on any atom is 0.216 e. The lowest BCUT2D eigenvalue weighted by molar-refractivity contribution is 0.103. The van der Waals surface area contributed by atoms with Gasteiger partial charge in [-0.3, -0.25) is 4.79 Å². The molecule has 1 aromatic heterocycles. The second kappa shape index (κ2) is 5.48. The third kappa shape index (κ3) is 2.70. The Morgan fingerprint density at radius 1 is 1.11 bits per heavy atom. The number of carbonyl (C=O) groups excluding carboxylic acids is 1. The number of nitrogens with zero attached hydrogens (tertiary/aromatic N) is 2. The van der Waals surface area contributed by atoms with Crippen molar-refractivity contribution in [1.82, 2.24) is 9.97 Å². The topological polar surface area (TPSA) is 61.3 Å². The van der Waals surface area contributed by atoms with Gasteiger partial charge in [-0.15, -0.1) is 0 Å². The Bertz CT molecular complexity index is 611. The van der Waals surface area contributed by atoms with Crippen molar-refractivity contribution in [2.24, 2.45) is 0 Å². The van der Waals surface area contributed by atoms with E-state index < -0.39 is 0 Å². The van der Waals surface area contributed by atoms with Crippen LogP contribution in [0, 0.1) is 6.92 Å². The molecular formula is C14H14N2O3. The molecule has 0 fully saturated rings. The maximum atomic E-state index is 12.3. The second-order valence-electron chi connectivity index (χ2n) is 3.96. The summed E-state index contributed by atoms with van der Waals surface area (Å²) in [5.41, 5.74) is 1.73. The highest BCUT2D eigenvalue weighted by Gasteiger charge is 2.14. The van der Waals surface area contributed by atoms with E-state index in [-0.39, 0.29) is 5.78 Å². The SMILES string of the molecule is COc1ccc(C(=O)c2cc(OC)ncn2)c(C)c1. The van der Waals surface area contributed by atoms with E-state index >= 15 is 0 Å². The minimum atomic E-state index is -0.166. The molecule has 0 radical (unpaired) electrons. The van der Waals surface area contributed by atoms with Gasteiger partial charge in [-0.2, -0.15) is 0 Å². The average Bonchev–Trinajstić information content (AvgIpc) is 2.46. The summed E-state index contributed by atoms with van der Waals surface area (Å²) < 4.78 is 10.1. The van der Waals surface area contributed by atoms with Crippen LogP contribution in [-0.4, -0.2) is 30.0 Å². The van der Waals surface area contributed by atoms with Crippen LogP contribution in [0.2, 0.25) is 0 Å². The number of ether oxygens (including phenoxy) is 2. The van der Waals surface area contributed by atoms with Crippen molar-refractivity contribution in [1.29, 1.82) is 0 Å². The Balaban J connectivity index is 2.38. The number of hydrogen-bond donors (Lipinski definition) is 0. The number of aryl methyl sites for hydroxylation is 1. The van der Waals surface area contributed by atoms with E-state index in [1.54, 1.807) is 19.2 Å². The molecule has 98 valence electrons. The van der Waals surface area contributed by atoms with E-state index in [0.717, 1.165) is 5.56 Å². The van der Waals surface area contributed by atoms with Gasteiger partial charge in [0.15, 0.2) is 0 Å². The fraction of sp³-hybridized carbons (Fsp3) is 0.214. The van der Waals surface area contributed by atoms with E-state index in [1.165, 1.54) is 19.5 Å². The molecule has 0 saturated carbocycles. The second-order valence-corrected chi connectivity index (χ2v) is 3.96. The number of carbonyl (C=O) groups is 1. The summed E-state index contributed by atoms with van der Waals surface area (Å²) in [6.45, 7) is 1.86. The summed E-state index contributed by atoms with van der Waals surface area (Å²) >= 11 is 0. The Hall–Kier alpha value is -2.43. The average molecular weight is 258 g/mol. The molecule has 1 heterocycles. The molecule has 0 atom stereocenters. The van der Waals surface area contributed by atoms with Gasteiger partial charge >= 0.3 is 0 Å². The van der Waals surface area contributed by atoms with Gasteiger partial charge in [0.05, 0.1) is 14.2 Å². The van der Waals surface area contributed by atoms with E-state index in [1.807, 2.05) is 13.0 Å². The van der Waals surface area contributed by atoms with Crippen LogP contribution in [0.25, 0.3) is 0 Å². The first-order chi connectivity index (χ1) is 9.15. The molecule has 0 unspecified atom stereocenters. The van der Waals surface area contributed by atoms with Crippen molar-refractivity contribution >= 4 is 5.78 Å². The molecule has 5 heteroatoms. The number of ketones is 1. The molecule has 0 spiro atoms. The molecule has 2 rings (SSSR count). The van der Waals surface area contributed by atoms with Gasteiger partial charge in [0.2, 0.25) is 11.7 Å². The molecule has 0 aliphatic carbocycles. The van der Waals surface area contributed by atoms with Crippen LogP contribution >= 0.6 is 0 Å². The highest BCUT2D eigenvalue weighted by Crippen LogP contribution is 2.20. The predicted octanol–water partition coefficient (Wildman–Crippen LogP) is 2.03. The van der Waals surface area contributed by atoms with Crippen LogP contribution in [0.5, 0.6) is 11.6 Å². The van der Waals surface area contributed by atoms with E-state index in [4.69, 9.17) is 9.47 Å². The van der Waals surface area contributed by atoms with Crippen molar-refractivity contribution in [2.75, 3.05) is 14.2 Å². The Morgan fingerprint density at radius 3 is 2.53 bits per heavy atom. The van der Waals surface area contributed by atoms with Gasteiger partial charge < -0.3 is 9.47 Å². The van der Waals surface area contributed by atoms with Gasteiger partial charge in [0.1, 0.15) is 17.8 Å². The summed E-state index contributed by atoms with van der Waals surface area (Å²) in [5.74, 6) is 0.916. The van der Waals surface area contributed by atoms with Crippen molar-refractivity contribution in [2.45, 2.75) is 6.92 Å². The third-order valence-corrected chi connectivity index (χ3v) is 2.76. The fourth-order valence-corrected chi connectivity index (χ4v) is 1.73. The lowest BCUT2D eigenvalue weighted by atomic mass is 10.0. The zero-order chi connectivity index (χ0) is 13.8. The zero-order valence-electron chi connectivity index (χ0n) is 11.0. The van der Waals surface area contributed by atoms with Gasteiger partial charge in [-0.05, 0) is 30.7 Å². The van der Waals surface area contributed by atoms with Gasteiger partial charge in [-0.1, -0.05) is 0 Å². The largest absolute Gasteiger partial charge is 0.497 e. The molecule has 2 aromatic rings. The minimum absolute atomic E-state index is 0.166. The number of methoxy groups -OCH3 is 2. The fourth-order valence-electron chi connectivity index (χ4n) is 1.73. The highest BCUT2D eigenvalue weighted by molar-refractivity contribution is 6.08. The Morgan fingerprint density at radius 2 is 1.89 bits per heavy atom. The van der Waals surface area contributed by atoms with E-state index in [9.17, 15) is 4.79 Å². The van der Waals surface area contributed by atoms with Crippen LogP contribution in [0.4, 0.5) is 0 Å². The highest BCUT2D eigenvalue weighted by atomic mass is 16.5. The summed E-state index contributed by atoms with van der Waals surface area (Å²) in [4.78, 5) is 20.2. The predicted molar refractivity (Wildman–Crippen MR) is 69.7 cm³/mol. The lowest BCUT2D eigenvalue weighted by Gasteiger charge is -2.07. The smallest absolute Gasteiger partial charge is 0.216 e. The molecule has 5 nitrogen and oxygen atoms in total. The first-order valence-corrected chi connectivity index (χ1v) is 5.71. The van der Waals surface area contributed by atoms with Crippen molar-refractivity contribution < 1.29 is 14.3 Å². The van der Waals surface area contributed by atoms with Crippen molar-refractivity contribution in [3.8, 4) is 11.6 Å². The Labute approximate surface area is 111 Å². The lowest BCUT2D eigenvalue weighted by Crippen LogP contribution is -2.07. The molecule has 0 aliphatic rings. The first kappa shape index (κ1) is 13.0. The summed E-state index contributed by atoms with van der Waals surface area (Å²) in [5, 5.41) is 0. The number of rotatable bonds is 4. The molecule has 0 saturated heterocycles. The van der Waals surface area contributed by atoms with Crippen LogP contribution in [0.15, 0.2) is 30.6 Å². The van der Waals surface area contributed by atoms with Crippen LogP contribution in [-0.2, 0) is 0 Å². The van der Waals surface area contributed by atoms with Gasteiger partial charge in [0, 0.05) is 11.6 Å². The summed E-state index contributed by atoms with van der Waals surface area (Å²) in [6, 6.07) is 6.81. The number of hydrogen-bond acceptors (Lipinski definition) is 5. The van der Waals surface area contributed by atoms with E-state index in [0.29, 0.717) is 22.9 Å². The van der Waals surface area contributed by atoms with E-state index in [2.05, 4.69) is 9.97 Å². The Kier molecular flexibility index (Phi) is 3.75. The van der Waals surface area contributed by atoms with Crippen LogP contribution < -0.4 is 9.47 Å². The quantitative estimate of drug-likeness (QED) is 0.785. The standard InChI is InChI=1S/C14H14N2O3/c1-9-6-10(18-2)4-5-11(9)14(17)12-7-13(19-3)16-8-15-12/h4-8H,1-3H3. The molecule has 0 amide bonds. The molecule has 19 heavy (non-hydrogen) atoms. The molecule has 1 aromatic carbocycles. The van der Waals surface area contributed by atoms with Crippen LogP contribution in [0.3, 0.4) is 0 Å². The number of aromatic nitrogens is 2. The molecule has 0 aliphatic heterocycles. The molecular weight excluding hydrogens is 244 g/mol. The monoisotopic (exact) mass is 258 g/mol. The summed E-state index contributed by atoms with van der Waals surface area (Å²) in [7, 11) is 3.08. The number of benzene rings is 1.